The van der Waals surface area contributed by atoms with Gasteiger partial charge in [-0.05, 0) is 50.3 Å². The van der Waals surface area contributed by atoms with E-state index in [1.165, 1.54) is 12.1 Å². The van der Waals surface area contributed by atoms with Gasteiger partial charge in [0.25, 0.3) is 0 Å². The van der Waals surface area contributed by atoms with Gasteiger partial charge in [-0.15, -0.1) is 24.0 Å². The van der Waals surface area contributed by atoms with E-state index in [0.717, 1.165) is 22.4 Å². The highest BCUT2D eigenvalue weighted by Crippen LogP contribution is 2.20. The number of aryl methyl sites for hydroxylation is 1. The number of rotatable bonds is 10. The molecular formula is C23H34FIN4O2. The second kappa shape index (κ2) is 14.2. The molecule has 0 saturated heterocycles. The van der Waals surface area contributed by atoms with Crippen LogP contribution in [-0.4, -0.2) is 58.9 Å². The number of nitrogens with one attached hydrogen (secondary N) is 2. The fourth-order valence-corrected chi connectivity index (χ4v) is 3.05. The Balaban J connectivity index is 0.00000480. The van der Waals surface area contributed by atoms with E-state index in [4.69, 9.17) is 9.47 Å². The molecule has 0 aliphatic carbocycles. The van der Waals surface area contributed by atoms with Crippen molar-refractivity contribution in [3.8, 4) is 5.75 Å². The molecule has 0 heterocycles. The van der Waals surface area contributed by atoms with Crippen LogP contribution in [0.25, 0.3) is 0 Å². The van der Waals surface area contributed by atoms with Crippen molar-refractivity contribution in [1.82, 2.24) is 15.5 Å². The lowest BCUT2D eigenvalue weighted by atomic mass is 10.1. The zero-order chi connectivity index (χ0) is 21.9. The summed E-state index contributed by atoms with van der Waals surface area (Å²) in [6.45, 7) is 4.29. The Bertz CT molecular complexity index is 816. The van der Waals surface area contributed by atoms with Gasteiger partial charge < -0.3 is 25.0 Å². The van der Waals surface area contributed by atoms with Crippen LogP contribution in [0.2, 0.25) is 0 Å². The normalized spacial score (nSPS) is 12.3. The summed E-state index contributed by atoms with van der Waals surface area (Å²) in [5.74, 6) is 1.29. The SMILES string of the molecule is CN=C(NCc1ccc(C)cc1OCCOC)NCC(c1ccc(F)cc1)N(C)C.I. The Labute approximate surface area is 202 Å². The minimum Gasteiger partial charge on any atom is -0.491 e. The molecule has 8 heteroatoms. The molecule has 0 bridgehead atoms. The molecule has 0 radical (unpaired) electrons. The molecular weight excluding hydrogens is 510 g/mol. The maximum absolute atomic E-state index is 13.3. The zero-order valence-corrected chi connectivity index (χ0v) is 21.3. The molecule has 0 fully saturated rings. The Morgan fingerprint density at radius 3 is 2.42 bits per heavy atom. The zero-order valence-electron chi connectivity index (χ0n) is 18.9. The first kappa shape index (κ1) is 27.1. The summed E-state index contributed by atoms with van der Waals surface area (Å²) < 4.78 is 24.2. The highest BCUT2D eigenvalue weighted by atomic mass is 127. The molecule has 172 valence electrons. The summed E-state index contributed by atoms with van der Waals surface area (Å²) in [7, 11) is 7.40. The number of likely N-dealkylation sites (N-methyl/N-ethyl adjacent to an activating group) is 1. The fraction of sp³-hybridized carbons (Fsp3) is 0.435. The number of nitrogens with zero attached hydrogens (tertiary/aromatic N) is 2. The van der Waals surface area contributed by atoms with Gasteiger partial charge in [-0.1, -0.05) is 24.3 Å². The van der Waals surface area contributed by atoms with Gasteiger partial charge in [-0.2, -0.15) is 0 Å². The van der Waals surface area contributed by atoms with E-state index >= 15 is 0 Å². The first-order chi connectivity index (χ1) is 14.4. The predicted octanol–water partition coefficient (Wildman–Crippen LogP) is 3.75. The first-order valence-electron chi connectivity index (χ1n) is 10.0. The summed E-state index contributed by atoms with van der Waals surface area (Å²) in [5.41, 5.74) is 3.22. The molecule has 2 rings (SSSR count). The van der Waals surface area contributed by atoms with E-state index in [1.54, 1.807) is 14.2 Å². The molecule has 0 spiro atoms. The number of hydrogen-bond donors (Lipinski definition) is 2. The van der Waals surface area contributed by atoms with Gasteiger partial charge in [0.2, 0.25) is 0 Å². The van der Waals surface area contributed by atoms with E-state index in [2.05, 4.69) is 32.7 Å². The van der Waals surface area contributed by atoms with Crippen LogP contribution >= 0.6 is 24.0 Å². The van der Waals surface area contributed by atoms with Crippen molar-refractivity contribution >= 4 is 29.9 Å². The molecule has 0 aromatic heterocycles. The standard InChI is InChI=1S/C23H33FN4O2.HI/c1-17-6-7-19(22(14-17)30-13-12-29-5)15-26-23(25-2)27-16-21(28(3)4)18-8-10-20(24)11-9-18;/h6-11,14,21H,12-13,15-16H2,1-5H3,(H2,25,26,27);1H. The molecule has 2 N–H and O–H groups in total. The minimum absolute atomic E-state index is 0. The summed E-state index contributed by atoms with van der Waals surface area (Å²) in [6.07, 6.45) is 0. The maximum Gasteiger partial charge on any atom is 0.191 e. The number of benzene rings is 2. The van der Waals surface area contributed by atoms with Crippen molar-refractivity contribution in [2.45, 2.75) is 19.5 Å². The van der Waals surface area contributed by atoms with Crippen molar-refractivity contribution in [3.63, 3.8) is 0 Å². The molecule has 6 nitrogen and oxygen atoms in total. The van der Waals surface area contributed by atoms with Gasteiger partial charge >= 0.3 is 0 Å². The van der Waals surface area contributed by atoms with Gasteiger partial charge in [-0.25, -0.2) is 4.39 Å². The van der Waals surface area contributed by atoms with E-state index in [0.29, 0.717) is 32.3 Å². The van der Waals surface area contributed by atoms with E-state index < -0.39 is 0 Å². The van der Waals surface area contributed by atoms with Crippen LogP contribution in [0.4, 0.5) is 4.39 Å². The number of hydrogen-bond acceptors (Lipinski definition) is 4. The van der Waals surface area contributed by atoms with E-state index in [9.17, 15) is 4.39 Å². The number of guanidine groups is 1. The summed E-state index contributed by atoms with van der Waals surface area (Å²) in [6, 6.07) is 12.8. The molecule has 31 heavy (non-hydrogen) atoms. The lowest BCUT2D eigenvalue weighted by Crippen LogP contribution is -2.41. The van der Waals surface area contributed by atoms with E-state index in [1.807, 2.05) is 39.2 Å². The summed E-state index contributed by atoms with van der Waals surface area (Å²) in [5, 5.41) is 6.70. The van der Waals surface area contributed by atoms with Crippen molar-refractivity contribution in [3.05, 3.63) is 65.0 Å². The van der Waals surface area contributed by atoms with Crippen LogP contribution in [-0.2, 0) is 11.3 Å². The van der Waals surface area contributed by atoms with Gasteiger partial charge in [-0.3, -0.25) is 4.99 Å². The smallest absolute Gasteiger partial charge is 0.191 e. The summed E-state index contributed by atoms with van der Waals surface area (Å²) in [4.78, 5) is 6.41. The third-order valence-corrected chi connectivity index (χ3v) is 4.78. The molecule has 0 saturated carbocycles. The number of methoxy groups -OCH3 is 1. The third kappa shape index (κ3) is 9.00. The number of halogens is 2. The Morgan fingerprint density at radius 1 is 1.10 bits per heavy atom. The molecule has 2 aromatic rings. The molecule has 0 aliphatic rings. The highest BCUT2D eigenvalue weighted by molar-refractivity contribution is 14.0. The number of aliphatic imine (C=N–C) groups is 1. The lowest BCUT2D eigenvalue weighted by Gasteiger charge is -2.26. The van der Waals surface area contributed by atoms with Crippen molar-refractivity contribution in [1.29, 1.82) is 0 Å². The maximum atomic E-state index is 13.3. The van der Waals surface area contributed by atoms with Gasteiger partial charge in [0.1, 0.15) is 18.2 Å². The lowest BCUT2D eigenvalue weighted by molar-refractivity contribution is 0.145. The third-order valence-electron chi connectivity index (χ3n) is 4.78. The van der Waals surface area contributed by atoms with E-state index in [-0.39, 0.29) is 35.8 Å². The molecule has 0 amide bonds. The predicted molar refractivity (Wildman–Crippen MR) is 135 cm³/mol. The van der Waals surface area contributed by atoms with Crippen LogP contribution in [0, 0.1) is 12.7 Å². The average molecular weight is 544 g/mol. The highest BCUT2D eigenvalue weighted by Gasteiger charge is 2.15. The van der Waals surface area contributed by atoms with Crippen LogP contribution in [0.3, 0.4) is 0 Å². The summed E-state index contributed by atoms with van der Waals surface area (Å²) >= 11 is 0. The Kier molecular flexibility index (Phi) is 12.4. The van der Waals surface area contributed by atoms with Crippen LogP contribution < -0.4 is 15.4 Å². The fourth-order valence-electron chi connectivity index (χ4n) is 3.05. The topological polar surface area (TPSA) is 58.1 Å². The monoisotopic (exact) mass is 544 g/mol. The second-order valence-corrected chi connectivity index (χ2v) is 7.29. The number of ether oxygens (including phenoxy) is 2. The van der Waals surface area contributed by atoms with Crippen LogP contribution in [0.15, 0.2) is 47.5 Å². The van der Waals surface area contributed by atoms with Crippen LogP contribution in [0.1, 0.15) is 22.7 Å². The van der Waals surface area contributed by atoms with Crippen molar-refractivity contribution < 1.29 is 13.9 Å². The Hall–Kier alpha value is -1.91. The quantitative estimate of drug-likeness (QED) is 0.207. The van der Waals surface area contributed by atoms with Gasteiger partial charge in [0.05, 0.1) is 12.6 Å². The van der Waals surface area contributed by atoms with Crippen molar-refractivity contribution in [2.75, 3.05) is 48.0 Å². The van der Waals surface area contributed by atoms with Gasteiger partial charge in [0.15, 0.2) is 5.96 Å². The molecule has 1 atom stereocenters. The molecule has 0 aliphatic heterocycles. The molecule has 1 unspecified atom stereocenters. The second-order valence-electron chi connectivity index (χ2n) is 7.29. The first-order valence-corrected chi connectivity index (χ1v) is 10.0. The van der Waals surface area contributed by atoms with Crippen molar-refractivity contribution in [2.24, 2.45) is 4.99 Å². The minimum atomic E-state index is -0.233. The largest absolute Gasteiger partial charge is 0.491 e. The van der Waals surface area contributed by atoms with Gasteiger partial charge in [0, 0.05) is 32.8 Å². The molecule has 2 aromatic carbocycles. The Morgan fingerprint density at radius 2 is 1.81 bits per heavy atom. The van der Waals surface area contributed by atoms with Crippen LogP contribution in [0.5, 0.6) is 5.75 Å². The average Bonchev–Trinajstić information content (AvgIpc) is 2.72.